The van der Waals surface area contributed by atoms with E-state index in [9.17, 15) is 14.0 Å². The molecule has 5 rings (SSSR count). The number of carbonyl (C=O) groups excluding carboxylic acids is 2. The Morgan fingerprint density at radius 1 is 1.08 bits per heavy atom. The first-order valence-corrected chi connectivity index (χ1v) is 12.3. The van der Waals surface area contributed by atoms with E-state index in [2.05, 4.69) is 25.6 Å². The van der Waals surface area contributed by atoms with Gasteiger partial charge in [0.1, 0.15) is 11.3 Å². The maximum Gasteiger partial charge on any atom is 0.255 e. The lowest BCUT2D eigenvalue weighted by molar-refractivity contribution is -0.119. The molecule has 3 aromatic rings. The van der Waals surface area contributed by atoms with E-state index >= 15 is 0 Å². The molecule has 0 atom stereocenters. The van der Waals surface area contributed by atoms with E-state index in [1.807, 2.05) is 0 Å². The Labute approximate surface area is 208 Å². The lowest BCUT2D eigenvalue weighted by Crippen LogP contribution is -2.43. The molecule has 36 heavy (non-hydrogen) atoms. The molecular weight excluding hydrogens is 465 g/mol. The largest absolute Gasteiger partial charge is 0.494 e. The highest BCUT2D eigenvalue weighted by Gasteiger charge is 2.26. The van der Waals surface area contributed by atoms with Crippen molar-refractivity contribution in [2.45, 2.75) is 57.5 Å². The number of rotatable bonds is 8. The number of benzene rings is 1. The molecule has 3 N–H and O–H groups in total. The van der Waals surface area contributed by atoms with Gasteiger partial charge >= 0.3 is 0 Å². The quantitative estimate of drug-likeness (QED) is 0.438. The molecule has 2 aromatic heterocycles. The zero-order chi connectivity index (χ0) is 25.2. The van der Waals surface area contributed by atoms with Gasteiger partial charge < -0.3 is 25.1 Å². The summed E-state index contributed by atoms with van der Waals surface area (Å²) in [6, 6.07) is 3.00. The van der Waals surface area contributed by atoms with Crippen molar-refractivity contribution in [1.82, 2.24) is 25.6 Å². The van der Waals surface area contributed by atoms with Gasteiger partial charge in [0.25, 0.3) is 5.91 Å². The van der Waals surface area contributed by atoms with E-state index < -0.39 is 5.82 Å². The summed E-state index contributed by atoms with van der Waals surface area (Å²) in [4.78, 5) is 36.5. The van der Waals surface area contributed by atoms with E-state index in [1.54, 1.807) is 12.4 Å². The predicted octanol–water partition coefficient (Wildman–Crippen LogP) is 3.74. The molecule has 190 valence electrons. The van der Waals surface area contributed by atoms with E-state index in [4.69, 9.17) is 9.47 Å². The molecule has 0 unspecified atom stereocenters. The smallest absolute Gasteiger partial charge is 0.255 e. The number of nitrogens with zero attached hydrogens (tertiary/aromatic N) is 2. The first-order chi connectivity index (χ1) is 17.4. The molecule has 1 aromatic carbocycles. The van der Waals surface area contributed by atoms with E-state index in [-0.39, 0.29) is 35.5 Å². The standard InChI is InChI=1S/C26H30FN5O4/c1-14(33)30-16-5-7-17(8-6-16)31-26(34)19-11-28-21-12-29-25(32-24(19)21)18-9-20(27)23(35-2)10-22(18)36-13-15-3-4-15/h9-12,15-17,28H,3-8,13H2,1-2H3,(H,30,33)(H,31,34). The van der Waals surface area contributed by atoms with Crippen LogP contribution in [0.3, 0.4) is 0 Å². The average Bonchev–Trinajstić information content (AvgIpc) is 3.60. The second-order valence-corrected chi connectivity index (χ2v) is 9.62. The van der Waals surface area contributed by atoms with Gasteiger partial charge in [-0.3, -0.25) is 9.59 Å². The fourth-order valence-electron chi connectivity index (χ4n) is 4.62. The minimum Gasteiger partial charge on any atom is -0.494 e. The van der Waals surface area contributed by atoms with Gasteiger partial charge in [-0.1, -0.05) is 0 Å². The molecule has 0 bridgehead atoms. The molecule has 9 nitrogen and oxygen atoms in total. The number of fused-ring (bicyclic) bond motifs is 1. The first-order valence-electron chi connectivity index (χ1n) is 12.3. The van der Waals surface area contributed by atoms with Crippen LogP contribution in [0.5, 0.6) is 11.5 Å². The minimum absolute atomic E-state index is 0.0203. The molecule has 2 aliphatic rings. The number of hydrogen-bond acceptors (Lipinski definition) is 6. The average molecular weight is 496 g/mol. The molecule has 2 saturated carbocycles. The van der Waals surface area contributed by atoms with E-state index in [1.165, 1.54) is 26.2 Å². The highest BCUT2D eigenvalue weighted by molar-refractivity contribution is 6.05. The van der Waals surface area contributed by atoms with Crippen LogP contribution in [-0.2, 0) is 4.79 Å². The normalized spacial score (nSPS) is 19.6. The molecule has 0 saturated heterocycles. The van der Waals surface area contributed by atoms with Crippen LogP contribution in [0.1, 0.15) is 55.8 Å². The maximum atomic E-state index is 14.6. The second-order valence-electron chi connectivity index (χ2n) is 9.62. The molecule has 2 heterocycles. The van der Waals surface area contributed by atoms with Crippen molar-refractivity contribution in [2.75, 3.05) is 13.7 Å². The number of H-pyrrole nitrogens is 1. The summed E-state index contributed by atoms with van der Waals surface area (Å²) in [6.07, 6.45) is 8.63. The Kier molecular flexibility index (Phi) is 6.75. The molecule has 10 heteroatoms. The van der Waals surface area contributed by atoms with Crippen molar-refractivity contribution in [1.29, 1.82) is 0 Å². The van der Waals surface area contributed by atoms with Crippen LogP contribution < -0.4 is 20.1 Å². The molecule has 2 amide bonds. The summed E-state index contributed by atoms with van der Waals surface area (Å²) in [6.45, 7) is 2.05. The van der Waals surface area contributed by atoms with Crippen LogP contribution in [0.2, 0.25) is 0 Å². The third-order valence-electron chi connectivity index (χ3n) is 6.80. The van der Waals surface area contributed by atoms with E-state index in [0.717, 1.165) is 38.5 Å². The maximum absolute atomic E-state index is 14.6. The summed E-state index contributed by atoms with van der Waals surface area (Å²) < 4.78 is 25.7. The number of amides is 2. The number of ether oxygens (including phenoxy) is 2. The van der Waals surface area contributed by atoms with Crippen LogP contribution >= 0.6 is 0 Å². The summed E-state index contributed by atoms with van der Waals surface area (Å²) in [5.74, 6) is 0.480. The highest BCUT2D eigenvalue weighted by Crippen LogP contribution is 2.37. The fourth-order valence-corrected chi connectivity index (χ4v) is 4.62. The van der Waals surface area contributed by atoms with Crippen molar-refractivity contribution in [3.63, 3.8) is 0 Å². The van der Waals surface area contributed by atoms with Crippen molar-refractivity contribution >= 4 is 22.8 Å². The number of methoxy groups -OCH3 is 1. The SMILES string of the molecule is COc1cc(OCC2CC2)c(-c2ncc3[nH]cc(C(=O)NC4CCC(NC(C)=O)CC4)c3n2)cc1F. The van der Waals surface area contributed by atoms with Crippen LogP contribution in [0, 0.1) is 11.7 Å². The third-order valence-corrected chi connectivity index (χ3v) is 6.80. The fraction of sp³-hybridized carbons (Fsp3) is 0.462. The number of hydrogen-bond donors (Lipinski definition) is 3. The van der Waals surface area contributed by atoms with Crippen LogP contribution in [0.15, 0.2) is 24.5 Å². The first kappa shape index (κ1) is 24.0. The van der Waals surface area contributed by atoms with Crippen molar-refractivity contribution in [3.05, 3.63) is 35.9 Å². The number of nitrogens with one attached hydrogen (secondary N) is 3. The predicted molar refractivity (Wildman–Crippen MR) is 131 cm³/mol. The van der Waals surface area contributed by atoms with Gasteiger partial charge in [0.15, 0.2) is 17.4 Å². The van der Waals surface area contributed by atoms with Crippen molar-refractivity contribution in [2.24, 2.45) is 5.92 Å². The lowest BCUT2D eigenvalue weighted by Gasteiger charge is -2.29. The van der Waals surface area contributed by atoms with Crippen LogP contribution in [-0.4, -0.2) is 52.6 Å². The zero-order valence-corrected chi connectivity index (χ0v) is 20.4. The van der Waals surface area contributed by atoms with Gasteiger partial charge in [0.05, 0.1) is 36.6 Å². The Balaban J connectivity index is 1.37. The third kappa shape index (κ3) is 5.27. The van der Waals surface area contributed by atoms with Crippen molar-refractivity contribution < 1.29 is 23.5 Å². The van der Waals surface area contributed by atoms with Crippen LogP contribution in [0.25, 0.3) is 22.4 Å². The van der Waals surface area contributed by atoms with Gasteiger partial charge in [-0.2, -0.15) is 0 Å². The number of aromatic nitrogens is 3. The van der Waals surface area contributed by atoms with E-state index in [0.29, 0.717) is 40.4 Å². The minimum atomic E-state index is -0.545. The monoisotopic (exact) mass is 495 g/mol. The van der Waals surface area contributed by atoms with Gasteiger partial charge in [-0.15, -0.1) is 0 Å². The number of carbonyl (C=O) groups is 2. The number of aromatic amines is 1. The van der Waals surface area contributed by atoms with Gasteiger partial charge in [0, 0.05) is 31.3 Å². The van der Waals surface area contributed by atoms with Crippen molar-refractivity contribution in [3.8, 4) is 22.9 Å². The lowest BCUT2D eigenvalue weighted by atomic mass is 9.91. The van der Waals surface area contributed by atoms with Crippen LogP contribution in [0.4, 0.5) is 4.39 Å². The van der Waals surface area contributed by atoms with Gasteiger partial charge in [-0.05, 0) is 50.5 Å². The van der Waals surface area contributed by atoms with Gasteiger partial charge in [0.2, 0.25) is 5.91 Å². The van der Waals surface area contributed by atoms with Gasteiger partial charge in [-0.25, -0.2) is 14.4 Å². The molecular formula is C26H30FN5O4. The number of halogens is 1. The molecule has 2 aliphatic carbocycles. The second kappa shape index (κ2) is 10.1. The summed E-state index contributed by atoms with van der Waals surface area (Å²) in [5, 5.41) is 6.03. The Hall–Kier alpha value is -3.69. The Morgan fingerprint density at radius 3 is 2.47 bits per heavy atom. The molecule has 0 aliphatic heterocycles. The Bertz CT molecular complexity index is 1280. The topological polar surface area (TPSA) is 118 Å². The molecule has 0 radical (unpaired) electrons. The highest BCUT2D eigenvalue weighted by atomic mass is 19.1. The molecule has 2 fully saturated rings. The summed E-state index contributed by atoms with van der Waals surface area (Å²) in [5.41, 5.74) is 1.85. The summed E-state index contributed by atoms with van der Waals surface area (Å²) in [7, 11) is 1.41. The summed E-state index contributed by atoms with van der Waals surface area (Å²) >= 11 is 0. The molecule has 0 spiro atoms. The zero-order valence-electron chi connectivity index (χ0n) is 20.4. The Morgan fingerprint density at radius 2 is 1.81 bits per heavy atom.